The molecule has 0 saturated carbocycles. The molecule has 0 bridgehead atoms. The van der Waals surface area contributed by atoms with E-state index in [1.807, 2.05) is 38.1 Å². The fraction of sp³-hybridized carbons (Fsp3) is 0.444. The Hall–Kier alpha value is -1.88. The van der Waals surface area contributed by atoms with Crippen molar-refractivity contribution in [1.29, 1.82) is 0 Å². The second-order valence-electron chi connectivity index (χ2n) is 5.11. The zero-order chi connectivity index (χ0) is 14.4. The molecule has 0 aliphatic heterocycles. The average Bonchev–Trinajstić information content (AvgIpc) is 3.03. The van der Waals surface area contributed by atoms with Crippen molar-refractivity contribution in [2.24, 2.45) is 0 Å². The summed E-state index contributed by atoms with van der Waals surface area (Å²) in [4.78, 5) is 0. The first-order valence-electron chi connectivity index (χ1n) is 7.31. The van der Waals surface area contributed by atoms with E-state index in [0.717, 1.165) is 35.9 Å². The highest BCUT2D eigenvalue weighted by Crippen LogP contribution is 2.27. The summed E-state index contributed by atoms with van der Waals surface area (Å²) < 4.78 is 11.5. The van der Waals surface area contributed by atoms with Crippen LogP contribution in [-0.4, -0.2) is 0 Å². The summed E-state index contributed by atoms with van der Waals surface area (Å²) in [5, 5.41) is 0. The van der Waals surface area contributed by atoms with Gasteiger partial charge in [0.2, 0.25) is 0 Å². The van der Waals surface area contributed by atoms with Crippen molar-refractivity contribution in [2.45, 2.75) is 52.4 Å². The van der Waals surface area contributed by atoms with Gasteiger partial charge in [-0.25, -0.2) is 0 Å². The maximum absolute atomic E-state index is 5.73. The van der Waals surface area contributed by atoms with Crippen LogP contribution in [0.25, 0.3) is 0 Å². The van der Waals surface area contributed by atoms with Gasteiger partial charge in [0, 0.05) is 6.42 Å². The van der Waals surface area contributed by atoms with Gasteiger partial charge in [-0.15, -0.1) is 5.92 Å². The Morgan fingerprint density at radius 3 is 2.00 bits per heavy atom. The lowest BCUT2D eigenvalue weighted by Crippen LogP contribution is -1.95. The lowest BCUT2D eigenvalue weighted by Gasteiger charge is -2.04. The van der Waals surface area contributed by atoms with Crippen LogP contribution in [-0.2, 0) is 0 Å². The molecule has 2 aromatic heterocycles. The monoisotopic (exact) mass is 270 g/mol. The SMILES string of the molecule is CCCCCC#CC(c1ccc(C)o1)c1ccc(C)o1. The average molecular weight is 270 g/mol. The molecule has 0 unspecified atom stereocenters. The second-order valence-corrected chi connectivity index (χ2v) is 5.11. The lowest BCUT2D eigenvalue weighted by molar-refractivity contribution is 0.435. The van der Waals surface area contributed by atoms with Crippen LogP contribution in [0.3, 0.4) is 0 Å². The van der Waals surface area contributed by atoms with Gasteiger partial charge in [0.1, 0.15) is 29.0 Å². The molecule has 0 N–H and O–H groups in total. The molecule has 2 heterocycles. The predicted molar refractivity (Wildman–Crippen MR) is 80.7 cm³/mol. The molecule has 20 heavy (non-hydrogen) atoms. The van der Waals surface area contributed by atoms with Crippen LogP contribution in [0, 0.1) is 25.7 Å². The van der Waals surface area contributed by atoms with E-state index in [9.17, 15) is 0 Å². The van der Waals surface area contributed by atoms with Crippen LogP contribution in [0.2, 0.25) is 0 Å². The third-order valence-corrected chi connectivity index (χ3v) is 3.24. The Bertz CT molecular complexity index is 552. The van der Waals surface area contributed by atoms with Gasteiger partial charge < -0.3 is 8.83 Å². The van der Waals surface area contributed by atoms with E-state index in [4.69, 9.17) is 8.83 Å². The highest BCUT2D eigenvalue weighted by atomic mass is 16.4. The minimum Gasteiger partial charge on any atom is -0.465 e. The van der Waals surface area contributed by atoms with Gasteiger partial charge in [0.15, 0.2) is 0 Å². The van der Waals surface area contributed by atoms with Gasteiger partial charge in [0.05, 0.1) is 0 Å². The number of aryl methyl sites for hydroxylation is 2. The quantitative estimate of drug-likeness (QED) is 0.551. The fourth-order valence-electron chi connectivity index (χ4n) is 2.14. The van der Waals surface area contributed by atoms with Crippen molar-refractivity contribution in [3.8, 4) is 11.8 Å². The first-order valence-corrected chi connectivity index (χ1v) is 7.31. The second kappa shape index (κ2) is 7.05. The molecule has 0 saturated heterocycles. The number of furan rings is 2. The normalized spacial score (nSPS) is 10.6. The topological polar surface area (TPSA) is 26.3 Å². The molecule has 2 aromatic rings. The molecule has 106 valence electrons. The van der Waals surface area contributed by atoms with Gasteiger partial charge in [-0.1, -0.05) is 25.7 Å². The minimum atomic E-state index is -0.0981. The largest absolute Gasteiger partial charge is 0.465 e. The summed E-state index contributed by atoms with van der Waals surface area (Å²) >= 11 is 0. The molecule has 2 heteroatoms. The van der Waals surface area contributed by atoms with Gasteiger partial charge in [-0.05, 0) is 44.5 Å². The molecule has 0 fully saturated rings. The number of hydrogen-bond donors (Lipinski definition) is 0. The summed E-state index contributed by atoms with van der Waals surface area (Å²) in [6.45, 7) is 6.10. The smallest absolute Gasteiger partial charge is 0.136 e. The van der Waals surface area contributed by atoms with E-state index in [-0.39, 0.29) is 5.92 Å². The van der Waals surface area contributed by atoms with Crippen LogP contribution < -0.4 is 0 Å². The highest BCUT2D eigenvalue weighted by molar-refractivity contribution is 5.32. The zero-order valence-corrected chi connectivity index (χ0v) is 12.5. The van der Waals surface area contributed by atoms with E-state index in [2.05, 4.69) is 18.8 Å². The summed E-state index contributed by atoms with van der Waals surface area (Å²) in [6, 6.07) is 7.91. The fourth-order valence-corrected chi connectivity index (χ4v) is 2.14. The molecule has 2 rings (SSSR count). The molecular formula is C18H22O2. The molecule has 2 nitrogen and oxygen atoms in total. The summed E-state index contributed by atoms with van der Waals surface area (Å²) in [5.74, 6) is 10.00. The Morgan fingerprint density at radius 2 is 1.55 bits per heavy atom. The van der Waals surface area contributed by atoms with E-state index < -0.39 is 0 Å². The maximum Gasteiger partial charge on any atom is 0.136 e. The van der Waals surface area contributed by atoms with E-state index in [1.54, 1.807) is 0 Å². The van der Waals surface area contributed by atoms with Crippen LogP contribution in [0.4, 0.5) is 0 Å². The van der Waals surface area contributed by atoms with Crippen LogP contribution in [0.15, 0.2) is 33.1 Å². The van der Waals surface area contributed by atoms with E-state index >= 15 is 0 Å². The van der Waals surface area contributed by atoms with Crippen molar-refractivity contribution in [3.05, 3.63) is 47.3 Å². The first-order chi connectivity index (χ1) is 9.70. The third kappa shape index (κ3) is 3.81. The van der Waals surface area contributed by atoms with Gasteiger partial charge >= 0.3 is 0 Å². The molecule has 0 aliphatic carbocycles. The number of hydrogen-bond acceptors (Lipinski definition) is 2. The lowest BCUT2D eigenvalue weighted by atomic mass is 10.0. The third-order valence-electron chi connectivity index (χ3n) is 3.24. The Balaban J connectivity index is 2.16. The molecular weight excluding hydrogens is 248 g/mol. The molecule has 0 spiro atoms. The molecule has 0 aliphatic rings. The van der Waals surface area contributed by atoms with Gasteiger partial charge in [-0.2, -0.15) is 0 Å². The van der Waals surface area contributed by atoms with Crippen molar-refractivity contribution in [1.82, 2.24) is 0 Å². The Morgan fingerprint density at radius 1 is 0.950 bits per heavy atom. The molecule has 0 radical (unpaired) electrons. The van der Waals surface area contributed by atoms with Crippen molar-refractivity contribution in [3.63, 3.8) is 0 Å². The summed E-state index contributed by atoms with van der Waals surface area (Å²) in [5.41, 5.74) is 0. The standard InChI is InChI=1S/C18H22O2/c1-4-5-6-7-8-9-16(17-12-10-14(2)19-17)18-13-11-15(3)20-18/h10-13,16H,4-7H2,1-3H3. The van der Waals surface area contributed by atoms with Crippen LogP contribution in [0.1, 0.15) is 61.6 Å². The first kappa shape index (κ1) is 14.5. The van der Waals surface area contributed by atoms with Gasteiger partial charge in [-0.3, -0.25) is 0 Å². The van der Waals surface area contributed by atoms with E-state index in [0.29, 0.717) is 0 Å². The molecule has 0 aromatic carbocycles. The Kier molecular flexibility index (Phi) is 5.12. The molecule has 0 amide bonds. The maximum atomic E-state index is 5.73. The molecule has 0 atom stereocenters. The van der Waals surface area contributed by atoms with Crippen molar-refractivity contribution < 1.29 is 8.83 Å². The van der Waals surface area contributed by atoms with Gasteiger partial charge in [0.25, 0.3) is 0 Å². The van der Waals surface area contributed by atoms with Crippen molar-refractivity contribution >= 4 is 0 Å². The predicted octanol–water partition coefficient (Wildman–Crippen LogP) is 5.21. The zero-order valence-electron chi connectivity index (χ0n) is 12.5. The minimum absolute atomic E-state index is 0.0981. The number of unbranched alkanes of at least 4 members (excludes halogenated alkanes) is 3. The summed E-state index contributed by atoms with van der Waals surface area (Å²) in [7, 11) is 0. The van der Waals surface area contributed by atoms with Crippen molar-refractivity contribution in [2.75, 3.05) is 0 Å². The van der Waals surface area contributed by atoms with E-state index in [1.165, 1.54) is 12.8 Å². The summed E-state index contributed by atoms with van der Waals surface area (Å²) in [6.07, 6.45) is 4.55. The Labute approximate surface area is 121 Å². The highest BCUT2D eigenvalue weighted by Gasteiger charge is 2.18. The van der Waals surface area contributed by atoms with Crippen LogP contribution >= 0.6 is 0 Å². The number of rotatable bonds is 5. The van der Waals surface area contributed by atoms with Crippen LogP contribution in [0.5, 0.6) is 0 Å².